The topological polar surface area (TPSA) is 84.0 Å². The number of nitrogens with one attached hydrogen (secondary N) is 1. The SMILES string of the molecule is COc1ccc(Nc2ccc(C(=O)N3CCN(C=O)CC3)cn2)c(OC)c1. The number of carbonyl (C=O) groups is 2. The van der Waals surface area contributed by atoms with Crippen LogP contribution in [0.25, 0.3) is 0 Å². The number of carbonyl (C=O) groups excluding carboxylic acids is 2. The number of hydrogen-bond donors (Lipinski definition) is 1. The molecule has 0 saturated carbocycles. The molecule has 2 aromatic rings. The van der Waals surface area contributed by atoms with Crippen LogP contribution in [-0.2, 0) is 4.79 Å². The van der Waals surface area contributed by atoms with Gasteiger partial charge in [-0.15, -0.1) is 0 Å². The van der Waals surface area contributed by atoms with Crippen LogP contribution in [0.1, 0.15) is 10.4 Å². The Morgan fingerprint density at radius 2 is 1.89 bits per heavy atom. The van der Waals surface area contributed by atoms with Crippen LogP contribution in [0.2, 0.25) is 0 Å². The number of nitrogens with zero attached hydrogens (tertiary/aromatic N) is 3. The highest BCUT2D eigenvalue weighted by molar-refractivity contribution is 5.94. The second-order valence-electron chi connectivity index (χ2n) is 6.06. The fourth-order valence-electron chi connectivity index (χ4n) is 2.85. The Labute approximate surface area is 157 Å². The van der Waals surface area contributed by atoms with Gasteiger partial charge in [-0.2, -0.15) is 0 Å². The Balaban J connectivity index is 1.67. The largest absolute Gasteiger partial charge is 0.497 e. The fourth-order valence-corrected chi connectivity index (χ4v) is 2.85. The Kier molecular flexibility index (Phi) is 5.75. The Morgan fingerprint density at radius 3 is 2.48 bits per heavy atom. The summed E-state index contributed by atoms with van der Waals surface area (Å²) in [5, 5.41) is 3.17. The van der Waals surface area contributed by atoms with E-state index in [0.29, 0.717) is 49.1 Å². The number of rotatable bonds is 6. The number of methoxy groups -OCH3 is 2. The average molecular weight is 370 g/mol. The minimum absolute atomic E-state index is 0.0818. The van der Waals surface area contributed by atoms with Crippen LogP contribution >= 0.6 is 0 Å². The lowest BCUT2D eigenvalue weighted by molar-refractivity contribution is -0.119. The quantitative estimate of drug-likeness (QED) is 0.780. The summed E-state index contributed by atoms with van der Waals surface area (Å²) in [4.78, 5) is 31.0. The number of benzene rings is 1. The molecule has 27 heavy (non-hydrogen) atoms. The zero-order valence-corrected chi connectivity index (χ0v) is 15.3. The molecule has 1 aromatic carbocycles. The summed E-state index contributed by atoms with van der Waals surface area (Å²) in [7, 11) is 3.18. The zero-order chi connectivity index (χ0) is 19.2. The predicted octanol–water partition coefficient (Wildman–Crippen LogP) is 1.76. The van der Waals surface area contributed by atoms with Gasteiger partial charge in [-0.3, -0.25) is 9.59 Å². The van der Waals surface area contributed by atoms with E-state index in [-0.39, 0.29) is 5.91 Å². The molecule has 142 valence electrons. The minimum atomic E-state index is -0.0818. The average Bonchev–Trinajstić information content (AvgIpc) is 2.74. The van der Waals surface area contributed by atoms with Crippen molar-refractivity contribution in [1.82, 2.24) is 14.8 Å². The van der Waals surface area contributed by atoms with Gasteiger partial charge in [0.2, 0.25) is 6.41 Å². The summed E-state index contributed by atoms with van der Waals surface area (Å²) >= 11 is 0. The summed E-state index contributed by atoms with van der Waals surface area (Å²) in [5.41, 5.74) is 1.26. The van der Waals surface area contributed by atoms with E-state index in [0.717, 1.165) is 12.1 Å². The molecule has 0 atom stereocenters. The van der Waals surface area contributed by atoms with E-state index in [1.807, 2.05) is 12.1 Å². The summed E-state index contributed by atoms with van der Waals surface area (Å²) in [6.45, 7) is 2.17. The van der Waals surface area contributed by atoms with Crippen molar-refractivity contribution in [3.63, 3.8) is 0 Å². The zero-order valence-electron chi connectivity index (χ0n) is 15.3. The van der Waals surface area contributed by atoms with Gasteiger partial charge in [0.1, 0.15) is 17.3 Å². The van der Waals surface area contributed by atoms with Crippen LogP contribution in [0, 0.1) is 0 Å². The monoisotopic (exact) mass is 370 g/mol. The second-order valence-corrected chi connectivity index (χ2v) is 6.06. The molecule has 1 fully saturated rings. The molecule has 2 amide bonds. The van der Waals surface area contributed by atoms with Gasteiger partial charge < -0.3 is 24.6 Å². The van der Waals surface area contributed by atoms with Crippen LogP contribution < -0.4 is 14.8 Å². The molecule has 0 aliphatic carbocycles. The minimum Gasteiger partial charge on any atom is -0.497 e. The van der Waals surface area contributed by atoms with Crippen molar-refractivity contribution in [2.24, 2.45) is 0 Å². The summed E-state index contributed by atoms with van der Waals surface area (Å²) < 4.78 is 10.5. The van der Waals surface area contributed by atoms with E-state index in [1.165, 1.54) is 0 Å². The number of piperazine rings is 1. The molecule has 1 aliphatic heterocycles. The Bertz CT molecular complexity index is 802. The highest BCUT2D eigenvalue weighted by Gasteiger charge is 2.21. The predicted molar refractivity (Wildman–Crippen MR) is 101 cm³/mol. The molecule has 1 aliphatic rings. The molecule has 1 saturated heterocycles. The number of amides is 2. The Morgan fingerprint density at radius 1 is 1.11 bits per heavy atom. The van der Waals surface area contributed by atoms with Crippen molar-refractivity contribution in [3.05, 3.63) is 42.1 Å². The molecule has 0 unspecified atom stereocenters. The molecule has 3 rings (SSSR count). The lowest BCUT2D eigenvalue weighted by atomic mass is 10.2. The van der Waals surface area contributed by atoms with Crippen molar-refractivity contribution in [2.75, 3.05) is 45.7 Å². The van der Waals surface area contributed by atoms with Crippen LogP contribution in [0.3, 0.4) is 0 Å². The van der Waals surface area contributed by atoms with Gasteiger partial charge in [-0.1, -0.05) is 0 Å². The van der Waals surface area contributed by atoms with Crippen LogP contribution in [-0.4, -0.2) is 67.5 Å². The summed E-state index contributed by atoms with van der Waals surface area (Å²) in [5.74, 6) is 1.84. The van der Waals surface area contributed by atoms with Crippen molar-refractivity contribution >= 4 is 23.8 Å². The van der Waals surface area contributed by atoms with Gasteiger partial charge in [0, 0.05) is 38.4 Å². The van der Waals surface area contributed by atoms with E-state index >= 15 is 0 Å². The first-order valence-electron chi connectivity index (χ1n) is 8.58. The van der Waals surface area contributed by atoms with Crippen LogP contribution in [0.5, 0.6) is 11.5 Å². The van der Waals surface area contributed by atoms with Gasteiger partial charge in [0.15, 0.2) is 0 Å². The van der Waals surface area contributed by atoms with E-state index in [4.69, 9.17) is 9.47 Å². The van der Waals surface area contributed by atoms with Gasteiger partial charge in [-0.05, 0) is 24.3 Å². The van der Waals surface area contributed by atoms with Gasteiger partial charge in [-0.25, -0.2) is 4.98 Å². The van der Waals surface area contributed by atoms with Gasteiger partial charge in [0.05, 0.1) is 25.5 Å². The maximum atomic E-state index is 12.6. The van der Waals surface area contributed by atoms with Gasteiger partial charge >= 0.3 is 0 Å². The number of ether oxygens (including phenoxy) is 2. The first-order valence-corrected chi connectivity index (χ1v) is 8.58. The first-order chi connectivity index (χ1) is 13.1. The molecule has 0 bridgehead atoms. The molecule has 0 spiro atoms. The molecule has 8 heteroatoms. The number of hydrogen-bond acceptors (Lipinski definition) is 6. The number of anilines is 2. The van der Waals surface area contributed by atoms with E-state index in [9.17, 15) is 9.59 Å². The summed E-state index contributed by atoms with van der Waals surface area (Å²) in [6, 6.07) is 8.92. The van der Waals surface area contributed by atoms with Crippen molar-refractivity contribution in [3.8, 4) is 11.5 Å². The third-order valence-corrected chi connectivity index (χ3v) is 4.43. The van der Waals surface area contributed by atoms with Crippen molar-refractivity contribution < 1.29 is 19.1 Å². The number of pyridine rings is 1. The van der Waals surface area contributed by atoms with Crippen LogP contribution in [0.4, 0.5) is 11.5 Å². The highest BCUT2D eigenvalue weighted by atomic mass is 16.5. The second kappa shape index (κ2) is 8.39. The Hall–Kier alpha value is -3.29. The van der Waals surface area contributed by atoms with E-state index in [1.54, 1.807) is 48.4 Å². The van der Waals surface area contributed by atoms with E-state index in [2.05, 4.69) is 10.3 Å². The molecular weight excluding hydrogens is 348 g/mol. The smallest absolute Gasteiger partial charge is 0.255 e. The maximum Gasteiger partial charge on any atom is 0.255 e. The molecular formula is C19H22N4O4. The lowest BCUT2D eigenvalue weighted by Crippen LogP contribution is -2.48. The van der Waals surface area contributed by atoms with Crippen LogP contribution in [0.15, 0.2) is 36.5 Å². The molecule has 1 N–H and O–H groups in total. The highest BCUT2D eigenvalue weighted by Crippen LogP contribution is 2.31. The number of aromatic nitrogens is 1. The normalized spacial score (nSPS) is 13.9. The third kappa shape index (κ3) is 4.28. The van der Waals surface area contributed by atoms with Crippen molar-refractivity contribution in [1.29, 1.82) is 0 Å². The lowest BCUT2D eigenvalue weighted by Gasteiger charge is -2.32. The molecule has 0 radical (unpaired) electrons. The van der Waals surface area contributed by atoms with E-state index < -0.39 is 0 Å². The fraction of sp³-hybridized carbons (Fsp3) is 0.316. The van der Waals surface area contributed by atoms with Gasteiger partial charge in [0.25, 0.3) is 5.91 Å². The maximum absolute atomic E-state index is 12.6. The molecule has 2 heterocycles. The first kappa shape index (κ1) is 18.5. The molecule has 1 aromatic heterocycles. The van der Waals surface area contributed by atoms with Crippen molar-refractivity contribution in [2.45, 2.75) is 0 Å². The third-order valence-electron chi connectivity index (χ3n) is 4.43. The summed E-state index contributed by atoms with van der Waals surface area (Å²) in [6.07, 6.45) is 2.37. The standard InChI is InChI=1S/C19H22N4O4/c1-26-15-4-5-16(17(11-15)27-2)21-18-6-3-14(12-20-18)19(25)23-9-7-22(13-24)8-10-23/h3-6,11-13H,7-10H2,1-2H3,(H,20,21). The molecule has 8 nitrogen and oxygen atoms in total.